The molecule has 0 spiro atoms. The lowest BCUT2D eigenvalue weighted by Gasteiger charge is -2.39. The van der Waals surface area contributed by atoms with Crippen LogP contribution in [0.4, 0.5) is 5.69 Å². The zero-order chi connectivity index (χ0) is 21.1. The predicted octanol–water partition coefficient (Wildman–Crippen LogP) is 3.09. The molecule has 2 aromatic rings. The Hall–Kier alpha value is -2.09. The zero-order valence-corrected chi connectivity index (χ0v) is 18.4. The van der Waals surface area contributed by atoms with Gasteiger partial charge >= 0.3 is 0 Å². The fourth-order valence-electron chi connectivity index (χ4n) is 4.22. The molecule has 0 saturated carbocycles. The van der Waals surface area contributed by atoms with E-state index in [0.717, 1.165) is 25.2 Å². The minimum Gasteiger partial charge on any atom is -0.368 e. The van der Waals surface area contributed by atoms with Crippen molar-refractivity contribution in [1.82, 2.24) is 9.21 Å². The number of carbonyl (C=O) groups is 1. The third-order valence-corrected chi connectivity index (χ3v) is 7.99. The molecule has 1 atom stereocenters. The molecule has 6 nitrogen and oxygen atoms in total. The van der Waals surface area contributed by atoms with E-state index >= 15 is 0 Å². The summed E-state index contributed by atoms with van der Waals surface area (Å²) < 4.78 is 27.4. The number of hydrogen-bond donors (Lipinski definition) is 0. The van der Waals surface area contributed by atoms with Crippen LogP contribution >= 0.6 is 11.6 Å². The molecular formula is C22H26ClN3O3S. The van der Waals surface area contributed by atoms with Crippen LogP contribution in [0, 0.1) is 5.92 Å². The number of anilines is 1. The number of amides is 1. The van der Waals surface area contributed by atoms with Gasteiger partial charge in [-0.25, -0.2) is 8.42 Å². The topological polar surface area (TPSA) is 60.9 Å². The van der Waals surface area contributed by atoms with Gasteiger partial charge in [0.25, 0.3) is 0 Å². The summed E-state index contributed by atoms with van der Waals surface area (Å²) in [6, 6.07) is 16.2. The van der Waals surface area contributed by atoms with Crippen molar-refractivity contribution in [3.63, 3.8) is 0 Å². The van der Waals surface area contributed by atoms with Gasteiger partial charge in [0.15, 0.2) is 0 Å². The number of hydrogen-bond acceptors (Lipinski definition) is 4. The normalized spacial score (nSPS) is 20.9. The lowest BCUT2D eigenvalue weighted by molar-refractivity contribution is -0.137. The van der Waals surface area contributed by atoms with Crippen molar-refractivity contribution in [2.75, 3.05) is 44.2 Å². The van der Waals surface area contributed by atoms with Crippen molar-refractivity contribution in [3.8, 4) is 0 Å². The Labute approximate surface area is 183 Å². The molecule has 0 aromatic heterocycles. The number of halogens is 1. The molecule has 0 N–H and O–H groups in total. The second kappa shape index (κ2) is 8.96. The molecule has 0 bridgehead atoms. The van der Waals surface area contributed by atoms with Crippen LogP contribution in [0.5, 0.6) is 0 Å². The highest BCUT2D eigenvalue weighted by Gasteiger charge is 2.35. The molecule has 30 heavy (non-hydrogen) atoms. The van der Waals surface area contributed by atoms with Gasteiger partial charge in [0, 0.05) is 50.0 Å². The van der Waals surface area contributed by atoms with Gasteiger partial charge in [-0.15, -0.1) is 0 Å². The van der Waals surface area contributed by atoms with Gasteiger partial charge in [-0.3, -0.25) is 4.79 Å². The fraction of sp³-hybridized carbons (Fsp3) is 0.409. The summed E-state index contributed by atoms with van der Waals surface area (Å²) in [6.45, 7) is 3.46. The van der Waals surface area contributed by atoms with Crippen LogP contribution in [0.3, 0.4) is 0 Å². The van der Waals surface area contributed by atoms with Gasteiger partial charge in [0.05, 0.1) is 10.8 Å². The lowest BCUT2D eigenvalue weighted by atomic mass is 9.97. The Morgan fingerprint density at radius 2 is 1.67 bits per heavy atom. The number of piperazine rings is 1. The van der Waals surface area contributed by atoms with Crippen LogP contribution in [0.15, 0.2) is 59.5 Å². The van der Waals surface area contributed by atoms with Gasteiger partial charge in [0.1, 0.15) is 0 Å². The zero-order valence-electron chi connectivity index (χ0n) is 16.8. The van der Waals surface area contributed by atoms with E-state index in [0.29, 0.717) is 31.1 Å². The standard InChI is InChI=1S/C22H26ClN3O3S/c23-19-7-4-8-20(16-19)24-12-14-25(15-13-24)22(27)18-6-5-11-26(17-18)30(28,29)21-9-2-1-3-10-21/h1-4,7-10,16,18H,5-6,11-15,17H2/t18-/m1/s1. The minimum atomic E-state index is -3.57. The smallest absolute Gasteiger partial charge is 0.243 e. The van der Waals surface area contributed by atoms with E-state index in [2.05, 4.69) is 4.90 Å². The van der Waals surface area contributed by atoms with Crippen molar-refractivity contribution >= 4 is 33.2 Å². The lowest BCUT2D eigenvalue weighted by Crippen LogP contribution is -2.53. The number of nitrogens with zero attached hydrogens (tertiary/aromatic N) is 3. The quantitative estimate of drug-likeness (QED) is 0.722. The first-order valence-electron chi connectivity index (χ1n) is 10.3. The summed E-state index contributed by atoms with van der Waals surface area (Å²) in [7, 11) is -3.57. The third-order valence-electron chi connectivity index (χ3n) is 5.88. The van der Waals surface area contributed by atoms with Crippen molar-refractivity contribution < 1.29 is 13.2 Å². The van der Waals surface area contributed by atoms with Gasteiger partial charge in [-0.05, 0) is 43.2 Å². The van der Waals surface area contributed by atoms with E-state index in [1.165, 1.54) is 4.31 Å². The summed E-state index contributed by atoms with van der Waals surface area (Å²) in [5.74, 6) is -0.219. The first-order valence-corrected chi connectivity index (χ1v) is 12.1. The molecule has 1 amide bonds. The van der Waals surface area contributed by atoms with Gasteiger partial charge in [-0.2, -0.15) is 4.31 Å². The van der Waals surface area contributed by atoms with E-state index < -0.39 is 10.0 Å². The highest BCUT2D eigenvalue weighted by molar-refractivity contribution is 7.89. The van der Waals surface area contributed by atoms with Crippen molar-refractivity contribution in [1.29, 1.82) is 0 Å². The van der Waals surface area contributed by atoms with Crippen LogP contribution in [0.2, 0.25) is 5.02 Å². The van der Waals surface area contributed by atoms with Crippen molar-refractivity contribution in [2.24, 2.45) is 5.92 Å². The Kier molecular flexibility index (Phi) is 6.32. The van der Waals surface area contributed by atoms with Crippen molar-refractivity contribution in [2.45, 2.75) is 17.7 Å². The van der Waals surface area contributed by atoms with Crippen LogP contribution in [0.1, 0.15) is 12.8 Å². The predicted molar refractivity (Wildman–Crippen MR) is 118 cm³/mol. The summed E-state index contributed by atoms with van der Waals surface area (Å²) in [5.41, 5.74) is 1.06. The summed E-state index contributed by atoms with van der Waals surface area (Å²) in [5, 5.41) is 0.702. The number of benzene rings is 2. The molecule has 2 heterocycles. The van der Waals surface area contributed by atoms with Crippen LogP contribution in [0.25, 0.3) is 0 Å². The molecule has 2 aliphatic heterocycles. The van der Waals surface area contributed by atoms with E-state index in [4.69, 9.17) is 11.6 Å². The Morgan fingerprint density at radius 1 is 0.933 bits per heavy atom. The molecule has 0 aliphatic carbocycles. The Balaban J connectivity index is 1.38. The summed E-state index contributed by atoms with van der Waals surface area (Å²) in [6.07, 6.45) is 1.43. The summed E-state index contributed by atoms with van der Waals surface area (Å²) in [4.78, 5) is 17.5. The third kappa shape index (κ3) is 4.48. The summed E-state index contributed by atoms with van der Waals surface area (Å²) >= 11 is 6.09. The average molecular weight is 448 g/mol. The first kappa shape index (κ1) is 21.2. The van der Waals surface area contributed by atoms with Gasteiger partial charge in [-0.1, -0.05) is 35.9 Å². The number of carbonyl (C=O) groups excluding carboxylic acids is 1. The average Bonchev–Trinajstić information content (AvgIpc) is 2.79. The molecule has 2 fully saturated rings. The number of sulfonamides is 1. The van der Waals surface area contributed by atoms with Crippen LogP contribution < -0.4 is 4.90 Å². The first-order chi connectivity index (χ1) is 14.4. The van der Waals surface area contributed by atoms with Crippen molar-refractivity contribution in [3.05, 3.63) is 59.6 Å². The van der Waals surface area contributed by atoms with Gasteiger partial charge in [0.2, 0.25) is 15.9 Å². The highest BCUT2D eigenvalue weighted by atomic mass is 35.5. The molecule has 2 aliphatic rings. The number of rotatable bonds is 4. The maximum atomic E-state index is 13.1. The van der Waals surface area contributed by atoms with E-state index in [9.17, 15) is 13.2 Å². The van der Waals surface area contributed by atoms with Crippen LogP contribution in [-0.2, 0) is 14.8 Å². The van der Waals surface area contributed by atoms with E-state index in [-0.39, 0.29) is 23.3 Å². The second-order valence-corrected chi connectivity index (χ2v) is 10.2. The molecule has 2 saturated heterocycles. The molecule has 2 aromatic carbocycles. The Bertz CT molecular complexity index is 992. The molecule has 4 rings (SSSR count). The minimum absolute atomic E-state index is 0.0636. The van der Waals surface area contributed by atoms with E-state index in [1.807, 2.05) is 29.2 Å². The largest absolute Gasteiger partial charge is 0.368 e. The molecular weight excluding hydrogens is 422 g/mol. The fourth-order valence-corrected chi connectivity index (χ4v) is 5.95. The Morgan fingerprint density at radius 3 is 2.37 bits per heavy atom. The maximum Gasteiger partial charge on any atom is 0.243 e. The number of piperidine rings is 1. The molecule has 0 radical (unpaired) electrons. The molecule has 0 unspecified atom stereocenters. The van der Waals surface area contributed by atoms with Crippen LogP contribution in [-0.4, -0.2) is 62.8 Å². The highest BCUT2D eigenvalue weighted by Crippen LogP contribution is 2.26. The van der Waals surface area contributed by atoms with E-state index in [1.54, 1.807) is 30.3 Å². The molecule has 160 valence electrons. The molecule has 8 heteroatoms. The van der Waals surface area contributed by atoms with Gasteiger partial charge < -0.3 is 9.80 Å². The maximum absolute atomic E-state index is 13.1. The SMILES string of the molecule is O=C([C@@H]1CCCN(S(=O)(=O)c2ccccc2)C1)N1CCN(c2cccc(Cl)c2)CC1. The second-order valence-electron chi connectivity index (χ2n) is 7.81. The monoisotopic (exact) mass is 447 g/mol.